The van der Waals surface area contributed by atoms with Gasteiger partial charge in [-0.1, -0.05) is 32.1 Å². The Hall–Kier alpha value is -2.76. The van der Waals surface area contributed by atoms with Gasteiger partial charge in [-0.25, -0.2) is 0 Å². The molecule has 0 bridgehead atoms. The van der Waals surface area contributed by atoms with Crippen LogP contribution < -0.4 is 10.1 Å². The number of aromatic amines is 1. The molecule has 126 valence electrons. The van der Waals surface area contributed by atoms with Gasteiger partial charge in [-0.3, -0.25) is 9.89 Å². The van der Waals surface area contributed by atoms with Crippen LogP contribution in [0.15, 0.2) is 24.3 Å². The Morgan fingerprint density at radius 2 is 2.21 bits per heavy atom. The van der Waals surface area contributed by atoms with Crippen LogP contribution in [0.25, 0.3) is 6.08 Å². The van der Waals surface area contributed by atoms with Crippen molar-refractivity contribution >= 4 is 17.8 Å². The number of fused-ring (bicyclic) bond motifs is 1. The lowest BCUT2D eigenvalue weighted by Crippen LogP contribution is -2.22. The second-order valence-corrected chi connectivity index (χ2v) is 6.20. The standard InChI is InChI=1S/C18H21N3O3/c1-10(2)17-16-12(9-15(23)19-18(16)21-20-17)6-4-11-5-7-13(22)14(8-11)24-3/h4-8,10,12,22H,9H2,1-3H3,(H2,19,20,21,23)/b6-4+/t12-/m1/s1. The van der Waals surface area contributed by atoms with E-state index in [-0.39, 0.29) is 17.6 Å². The van der Waals surface area contributed by atoms with Crippen molar-refractivity contribution in [2.45, 2.75) is 32.1 Å². The molecular formula is C18H21N3O3. The van der Waals surface area contributed by atoms with Crippen LogP contribution in [0, 0.1) is 0 Å². The number of methoxy groups -OCH3 is 1. The van der Waals surface area contributed by atoms with Crippen molar-refractivity contribution in [2.75, 3.05) is 12.4 Å². The lowest BCUT2D eigenvalue weighted by atomic mass is 9.88. The molecule has 0 fully saturated rings. The number of amides is 1. The van der Waals surface area contributed by atoms with E-state index in [1.54, 1.807) is 18.2 Å². The van der Waals surface area contributed by atoms with Gasteiger partial charge in [-0.05, 0) is 23.6 Å². The first-order valence-electron chi connectivity index (χ1n) is 7.92. The van der Waals surface area contributed by atoms with Crippen LogP contribution in [0.1, 0.15) is 48.9 Å². The number of nitrogens with one attached hydrogen (secondary N) is 2. The molecule has 1 aromatic carbocycles. The van der Waals surface area contributed by atoms with E-state index in [9.17, 15) is 9.90 Å². The average molecular weight is 327 g/mol. The van der Waals surface area contributed by atoms with Crippen LogP contribution in [0.4, 0.5) is 5.82 Å². The minimum atomic E-state index is -0.0396. The number of ether oxygens (including phenoxy) is 1. The number of phenols is 1. The molecule has 1 aliphatic heterocycles. The molecule has 0 unspecified atom stereocenters. The highest BCUT2D eigenvalue weighted by Crippen LogP contribution is 2.37. The lowest BCUT2D eigenvalue weighted by molar-refractivity contribution is -0.116. The number of rotatable bonds is 4. The number of aromatic hydroxyl groups is 1. The highest BCUT2D eigenvalue weighted by atomic mass is 16.5. The van der Waals surface area contributed by atoms with Crippen LogP contribution in [0.2, 0.25) is 0 Å². The van der Waals surface area contributed by atoms with Crippen molar-refractivity contribution in [2.24, 2.45) is 0 Å². The zero-order chi connectivity index (χ0) is 17.3. The number of phenolic OH excluding ortho intramolecular Hbond substituents is 1. The number of hydrogen-bond donors (Lipinski definition) is 3. The molecule has 1 atom stereocenters. The zero-order valence-corrected chi connectivity index (χ0v) is 14.0. The first-order chi connectivity index (χ1) is 11.5. The number of carbonyl (C=O) groups is 1. The normalized spacial score (nSPS) is 17.2. The van der Waals surface area contributed by atoms with Crippen LogP contribution in [0.5, 0.6) is 11.5 Å². The first-order valence-corrected chi connectivity index (χ1v) is 7.92. The van der Waals surface area contributed by atoms with Crippen LogP contribution in [-0.2, 0) is 4.79 Å². The molecule has 6 nitrogen and oxygen atoms in total. The van der Waals surface area contributed by atoms with Gasteiger partial charge < -0.3 is 15.2 Å². The fourth-order valence-corrected chi connectivity index (χ4v) is 2.95. The monoisotopic (exact) mass is 327 g/mol. The second kappa shape index (κ2) is 6.39. The summed E-state index contributed by atoms with van der Waals surface area (Å²) in [5, 5.41) is 19.8. The smallest absolute Gasteiger partial charge is 0.226 e. The van der Waals surface area contributed by atoms with Crippen LogP contribution in [-0.4, -0.2) is 28.3 Å². The molecule has 0 radical (unpaired) electrons. The Balaban J connectivity index is 1.93. The molecule has 2 heterocycles. The lowest BCUT2D eigenvalue weighted by Gasteiger charge is -2.21. The molecule has 2 aromatic rings. The summed E-state index contributed by atoms with van der Waals surface area (Å²) in [6, 6.07) is 5.15. The summed E-state index contributed by atoms with van der Waals surface area (Å²) in [6.07, 6.45) is 4.33. The third-order valence-electron chi connectivity index (χ3n) is 4.17. The van der Waals surface area contributed by atoms with Gasteiger partial charge in [-0.15, -0.1) is 0 Å². The van der Waals surface area contributed by atoms with Gasteiger partial charge in [0.05, 0.1) is 7.11 Å². The van der Waals surface area contributed by atoms with Gasteiger partial charge in [0.2, 0.25) is 5.91 Å². The molecule has 0 aliphatic carbocycles. The summed E-state index contributed by atoms with van der Waals surface area (Å²) in [6.45, 7) is 4.19. The van der Waals surface area contributed by atoms with Gasteiger partial charge in [-0.2, -0.15) is 5.10 Å². The fraction of sp³-hybridized carbons (Fsp3) is 0.333. The maximum atomic E-state index is 11.9. The number of nitrogens with zero attached hydrogens (tertiary/aromatic N) is 1. The van der Waals surface area contributed by atoms with Crippen molar-refractivity contribution in [3.8, 4) is 11.5 Å². The summed E-state index contributed by atoms with van der Waals surface area (Å²) < 4.78 is 5.13. The fourth-order valence-electron chi connectivity index (χ4n) is 2.95. The molecule has 0 saturated carbocycles. The topological polar surface area (TPSA) is 87.2 Å². The molecule has 1 aromatic heterocycles. The number of aromatic nitrogens is 2. The van der Waals surface area contributed by atoms with Gasteiger partial charge in [0, 0.05) is 23.6 Å². The summed E-state index contributed by atoms with van der Waals surface area (Å²) in [5.41, 5.74) is 2.99. The predicted molar refractivity (Wildman–Crippen MR) is 92.4 cm³/mol. The average Bonchev–Trinajstić information content (AvgIpc) is 2.97. The Bertz CT molecular complexity index is 793. The quantitative estimate of drug-likeness (QED) is 0.803. The molecule has 0 spiro atoms. The highest BCUT2D eigenvalue weighted by molar-refractivity contribution is 5.94. The van der Waals surface area contributed by atoms with Crippen molar-refractivity contribution in [3.63, 3.8) is 0 Å². The predicted octanol–water partition coefficient (Wildman–Crippen LogP) is 3.39. The Kier molecular flexibility index (Phi) is 4.29. The number of hydrogen-bond acceptors (Lipinski definition) is 4. The minimum absolute atomic E-state index is 0.0373. The number of allylic oxidation sites excluding steroid dienone is 1. The van der Waals surface area contributed by atoms with E-state index in [1.807, 2.05) is 12.2 Å². The van der Waals surface area contributed by atoms with Crippen molar-refractivity contribution in [1.29, 1.82) is 0 Å². The van der Waals surface area contributed by atoms with E-state index >= 15 is 0 Å². The van der Waals surface area contributed by atoms with Gasteiger partial charge in [0.1, 0.15) is 0 Å². The zero-order valence-electron chi connectivity index (χ0n) is 14.0. The number of H-pyrrole nitrogens is 1. The number of benzene rings is 1. The molecule has 3 N–H and O–H groups in total. The Morgan fingerprint density at radius 3 is 2.92 bits per heavy atom. The van der Waals surface area contributed by atoms with Crippen molar-refractivity contribution in [3.05, 3.63) is 41.1 Å². The van der Waals surface area contributed by atoms with E-state index in [4.69, 9.17) is 4.74 Å². The van der Waals surface area contributed by atoms with E-state index in [0.717, 1.165) is 16.8 Å². The Labute approximate surface area is 140 Å². The van der Waals surface area contributed by atoms with Crippen molar-refractivity contribution < 1.29 is 14.6 Å². The van der Waals surface area contributed by atoms with E-state index in [2.05, 4.69) is 29.4 Å². The van der Waals surface area contributed by atoms with Crippen molar-refractivity contribution in [1.82, 2.24) is 10.2 Å². The summed E-state index contributed by atoms with van der Waals surface area (Å²) in [7, 11) is 1.51. The molecule has 6 heteroatoms. The first kappa shape index (κ1) is 16.1. The Morgan fingerprint density at radius 1 is 1.42 bits per heavy atom. The third kappa shape index (κ3) is 2.99. The van der Waals surface area contributed by atoms with Crippen LogP contribution in [0.3, 0.4) is 0 Å². The molecular weight excluding hydrogens is 306 g/mol. The van der Waals surface area contributed by atoms with Gasteiger partial charge in [0.25, 0.3) is 0 Å². The summed E-state index contributed by atoms with van der Waals surface area (Å²) in [5.74, 6) is 1.36. The molecule has 1 amide bonds. The largest absolute Gasteiger partial charge is 0.504 e. The minimum Gasteiger partial charge on any atom is -0.504 e. The molecule has 3 rings (SSSR count). The number of carbonyl (C=O) groups excluding carboxylic acids is 1. The van der Waals surface area contributed by atoms with E-state index in [1.165, 1.54) is 7.11 Å². The molecule has 0 saturated heterocycles. The molecule has 1 aliphatic rings. The van der Waals surface area contributed by atoms with Crippen LogP contribution >= 0.6 is 0 Å². The maximum absolute atomic E-state index is 11.9. The summed E-state index contributed by atoms with van der Waals surface area (Å²) >= 11 is 0. The van der Waals surface area contributed by atoms with E-state index in [0.29, 0.717) is 23.9 Å². The van der Waals surface area contributed by atoms with Gasteiger partial charge >= 0.3 is 0 Å². The third-order valence-corrected chi connectivity index (χ3v) is 4.17. The van der Waals surface area contributed by atoms with E-state index < -0.39 is 0 Å². The maximum Gasteiger partial charge on any atom is 0.226 e. The summed E-state index contributed by atoms with van der Waals surface area (Å²) in [4.78, 5) is 11.9. The molecule has 24 heavy (non-hydrogen) atoms. The highest BCUT2D eigenvalue weighted by Gasteiger charge is 2.29. The number of anilines is 1. The SMILES string of the molecule is COc1cc(/C=C/[C@@H]2CC(=O)Nc3n[nH]c(C(C)C)c32)ccc1O. The second-order valence-electron chi connectivity index (χ2n) is 6.20. The van der Waals surface area contributed by atoms with Gasteiger partial charge in [0.15, 0.2) is 17.3 Å².